The van der Waals surface area contributed by atoms with Crippen molar-refractivity contribution in [3.05, 3.63) is 48.0 Å². The zero-order valence-corrected chi connectivity index (χ0v) is 10.3. The van der Waals surface area contributed by atoms with Crippen molar-refractivity contribution in [3.8, 4) is 11.3 Å². The third-order valence-electron chi connectivity index (χ3n) is 2.96. The van der Waals surface area contributed by atoms with E-state index in [1.807, 2.05) is 24.3 Å². The van der Waals surface area contributed by atoms with E-state index in [-0.39, 0.29) is 0 Å². The van der Waals surface area contributed by atoms with Gasteiger partial charge in [-0.15, -0.1) is 12.6 Å². The summed E-state index contributed by atoms with van der Waals surface area (Å²) in [6, 6.07) is 14.3. The second kappa shape index (κ2) is 3.93. The fourth-order valence-corrected chi connectivity index (χ4v) is 2.27. The first kappa shape index (κ1) is 10.4. The molecule has 0 aliphatic heterocycles. The van der Waals surface area contributed by atoms with E-state index in [9.17, 15) is 0 Å². The summed E-state index contributed by atoms with van der Waals surface area (Å²) < 4.78 is 0. The molecular formula is C14H12N2S. The number of nitrogens with one attached hydrogen (secondary N) is 1. The number of hydrogen-bond donors (Lipinski definition) is 2. The van der Waals surface area contributed by atoms with Gasteiger partial charge in [-0.3, -0.25) is 5.10 Å². The number of benzene rings is 2. The number of aryl methyl sites for hydroxylation is 1. The molecule has 0 radical (unpaired) electrons. The Morgan fingerprint density at radius 1 is 1.06 bits per heavy atom. The molecule has 2 aromatic carbocycles. The Kier molecular flexibility index (Phi) is 2.41. The highest BCUT2D eigenvalue weighted by molar-refractivity contribution is 7.80. The Hall–Kier alpha value is -1.74. The molecule has 0 amide bonds. The van der Waals surface area contributed by atoms with Crippen molar-refractivity contribution in [1.29, 1.82) is 0 Å². The molecule has 0 saturated heterocycles. The van der Waals surface area contributed by atoms with E-state index >= 15 is 0 Å². The van der Waals surface area contributed by atoms with E-state index < -0.39 is 0 Å². The number of aromatic nitrogens is 2. The number of H-pyrrole nitrogens is 1. The van der Waals surface area contributed by atoms with E-state index in [1.54, 1.807) is 0 Å². The molecule has 2 nitrogen and oxygen atoms in total. The Balaban J connectivity index is 2.31. The number of aromatic amines is 1. The Morgan fingerprint density at radius 2 is 1.88 bits per heavy atom. The van der Waals surface area contributed by atoms with Crippen LogP contribution in [0.2, 0.25) is 0 Å². The van der Waals surface area contributed by atoms with Crippen LogP contribution in [0.4, 0.5) is 0 Å². The topological polar surface area (TPSA) is 28.7 Å². The molecule has 0 saturated carbocycles. The molecule has 1 N–H and O–H groups in total. The standard InChI is InChI=1S/C14H12N2S/c1-9-5-4-7-11(14(9)17)13-10-6-2-3-8-12(10)15-16-13/h2-8,17H,1H3,(H,15,16). The Bertz CT molecular complexity index is 686. The van der Waals surface area contributed by atoms with Gasteiger partial charge >= 0.3 is 0 Å². The quantitative estimate of drug-likeness (QED) is 0.622. The van der Waals surface area contributed by atoms with Gasteiger partial charge in [0.2, 0.25) is 0 Å². The summed E-state index contributed by atoms with van der Waals surface area (Å²) >= 11 is 4.57. The third-order valence-corrected chi connectivity index (χ3v) is 3.56. The van der Waals surface area contributed by atoms with Crippen LogP contribution in [0.3, 0.4) is 0 Å². The Morgan fingerprint density at radius 3 is 2.76 bits per heavy atom. The minimum Gasteiger partial charge on any atom is -0.277 e. The minimum atomic E-state index is 0.967. The van der Waals surface area contributed by atoms with E-state index in [1.165, 1.54) is 0 Å². The maximum absolute atomic E-state index is 4.57. The van der Waals surface area contributed by atoms with Crippen LogP contribution in [0.15, 0.2) is 47.4 Å². The molecule has 1 heterocycles. The van der Waals surface area contributed by atoms with Crippen molar-refractivity contribution in [2.24, 2.45) is 0 Å². The van der Waals surface area contributed by atoms with Crippen molar-refractivity contribution < 1.29 is 0 Å². The average Bonchev–Trinajstić information content (AvgIpc) is 2.77. The number of hydrogen-bond acceptors (Lipinski definition) is 2. The highest BCUT2D eigenvalue weighted by Crippen LogP contribution is 2.32. The second-order valence-electron chi connectivity index (χ2n) is 4.09. The summed E-state index contributed by atoms with van der Waals surface area (Å²) in [5.41, 5.74) is 4.26. The maximum Gasteiger partial charge on any atom is 0.101 e. The fraction of sp³-hybridized carbons (Fsp3) is 0.0714. The summed E-state index contributed by atoms with van der Waals surface area (Å²) in [7, 11) is 0. The number of fused-ring (bicyclic) bond motifs is 1. The largest absolute Gasteiger partial charge is 0.277 e. The van der Waals surface area contributed by atoms with Gasteiger partial charge in [0.05, 0.1) is 5.52 Å². The lowest BCUT2D eigenvalue weighted by Crippen LogP contribution is -1.84. The molecule has 1 aromatic heterocycles. The van der Waals surface area contributed by atoms with E-state index in [4.69, 9.17) is 0 Å². The van der Waals surface area contributed by atoms with Crippen molar-refractivity contribution >= 4 is 23.5 Å². The van der Waals surface area contributed by atoms with Gasteiger partial charge < -0.3 is 0 Å². The lowest BCUT2D eigenvalue weighted by Gasteiger charge is -2.05. The van der Waals surface area contributed by atoms with Crippen molar-refractivity contribution in [2.75, 3.05) is 0 Å². The first-order valence-electron chi connectivity index (χ1n) is 5.49. The van der Waals surface area contributed by atoms with Crippen LogP contribution in [0, 0.1) is 6.92 Å². The van der Waals surface area contributed by atoms with Gasteiger partial charge in [-0.25, -0.2) is 0 Å². The molecule has 0 fully saturated rings. The van der Waals surface area contributed by atoms with Gasteiger partial charge in [0.15, 0.2) is 0 Å². The second-order valence-corrected chi connectivity index (χ2v) is 4.54. The minimum absolute atomic E-state index is 0.967. The summed E-state index contributed by atoms with van der Waals surface area (Å²) in [5.74, 6) is 0. The van der Waals surface area contributed by atoms with Gasteiger partial charge in [0, 0.05) is 15.8 Å². The number of rotatable bonds is 1. The molecule has 17 heavy (non-hydrogen) atoms. The summed E-state index contributed by atoms with van der Waals surface area (Å²) in [4.78, 5) is 0.991. The normalized spacial score (nSPS) is 10.9. The van der Waals surface area contributed by atoms with E-state index in [0.717, 1.165) is 32.6 Å². The zero-order chi connectivity index (χ0) is 11.8. The van der Waals surface area contributed by atoms with Crippen molar-refractivity contribution in [3.63, 3.8) is 0 Å². The fourth-order valence-electron chi connectivity index (χ4n) is 2.02. The number of para-hydroxylation sites is 1. The van der Waals surface area contributed by atoms with Gasteiger partial charge in [0.25, 0.3) is 0 Å². The predicted molar refractivity (Wildman–Crippen MR) is 73.5 cm³/mol. The van der Waals surface area contributed by atoms with Gasteiger partial charge in [0.1, 0.15) is 5.69 Å². The highest BCUT2D eigenvalue weighted by Gasteiger charge is 2.10. The van der Waals surface area contributed by atoms with Gasteiger partial charge in [-0.05, 0) is 18.6 Å². The first-order chi connectivity index (χ1) is 8.27. The van der Waals surface area contributed by atoms with E-state index in [2.05, 4.69) is 47.9 Å². The van der Waals surface area contributed by atoms with E-state index in [0.29, 0.717) is 0 Å². The van der Waals surface area contributed by atoms with Crippen molar-refractivity contribution in [2.45, 2.75) is 11.8 Å². The highest BCUT2D eigenvalue weighted by atomic mass is 32.1. The monoisotopic (exact) mass is 240 g/mol. The predicted octanol–water partition coefficient (Wildman–Crippen LogP) is 3.83. The lowest BCUT2D eigenvalue weighted by atomic mass is 10.1. The molecule has 3 aromatic rings. The number of nitrogens with zero attached hydrogens (tertiary/aromatic N) is 1. The molecule has 3 rings (SSSR count). The van der Waals surface area contributed by atoms with Crippen LogP contribution in [-0.4, -0.2) is 10.2 Å². The molecule has 0 unspecified atom stereocenters. The SMILES string of the molecule is Cc1cccc(-c2n[nH]c3ccccc23)c1S. The zero-order valence-electron chi connectivity index (χ0n) is 9.44. The van der Waals surface area contributed by atoms with Crippen LogP contribution >= 0.6 is 12.6 Å². The summed E-state index contributed by atoms with van der Waals surface area (Å²) in [6.45, 7) is 2.06. The molecular weight excluding hydrogens is 228 g/mol. The first-order valence-corrected chi connectivity index (χ1v) is 5.94. The van der Waals surface area contributed by atoms with Crippen LogP contribution < -0.4 is 0 Å². The average molecular weight is 240 g/mol. The van der Waals surface area contributed by atoms with Gasteiger partial charge in [-0.1, -0.05) is 36.4 Å². The van der Waals surface area contributed by atoms with Crippen LogP contribution in [0.1, 0.15) is 5.56 Å². The molecule has 0 spiro atoms. The maximum atomic E-state index is 4.57. The van der Waals surface area contributed by atoms with Crippen LogP contribution in [-0.2, 0) is 0 Å². The number of thiol groups is 1. The Labute approximate surface area is 105 Å². The van der Waals surface area contributed by atoms with Crippen LogP contribution in [0.25, 0.3) is 22.2 Å². The smallest absolute Gasteiger partial charge is 0.101 e. The molecule has 0 atom stereocenters. The van der Waals surface area contributed by atoms with Crippen molar-refractivity contribution in [1.82, 2.24) is 10.2 Å². The van der Waals surface area contributed by atoms with Gasteiger partial charge in [-0.2, -0.15) is 5.10 Å². The van der Waals surface area contributed by atoms with Crippen LogP contribution in [0.5, 0.6) is 0 Å². The molecule has 84 valence electrons. The summed E-state index contributed by atoms with van der Waals surface area (Å²) in [6.07, 6.45) is 0. The molecule has 3 heteroatoms. The molecule has 0 aliphatic rings. The molecule has 0 aliphatic carbocycles. The third kappa shape index (κ3) is 1.63. The lowest BCUT2D eigenvalue weighted by molar-refractivity contribution is 1.11. The molecule has 0 bridgehead atoms. The summed E-state index contributed by atoms with van der Waals surface area (Å²) in [5, 5.41) is 8.58.